The van der Waals surface area contributed by atoms with E-state index in [4.69, 9.17) is 4.74 Å². The average Bonchev–Trinajstić information content (AvgIpc) is 3.40. The first-order chi connectivity index (χ1) is 13.6. The van der Waals surface area contributed by atoms with Crippen LogP contribution in [0.1, 0.15) is 22.8 Å². The molecule has 0 unspecified atom stereocenters. The summed E-state index contributed by atoms with van der Waals surface area (Å²) in [4.78, 5) is 27.7. The minimum atomic E-state index is -0.334. The monoisotopic (exact) mass is 439 g/mol. The molecule has 4 nitrogen and oxygen atoms in total. The fourth-order valence-corrected chi connectivity index (χ4v) is 5.19. The van der Waals surface area contributed by atoms with Gasteiger partial charge in [0.25, 0.3) is 5.91 Å². The molecule has 0 N–H and O–H groups in total. The van der Waals surface area contributed by atoms with Crippen LogP contribution in [0.15, 0.2) is 72.4 Å². The highest BCUT2D eigenvalue weighted by atomic mass is 79.9. The minimum Gasteiger partial charge on any atom is -0.463 e. The zero-order valence-electron chi connectivity index (χ0n) is 15.6. The van der Waals surface area contributed by atoms with Gasteiger partial charge in [-0.2, -0.15) is 0 Å². The third-order valence-corrected chi connectivity index (χ3v) is 6.63. The molecule has 1 fully saturated rings. The lowest BCUT2D eigenvalue weighted by atomic mass is 9.86. The maximum Gasteiger partial charge on any atom is 0.335 e. The van der Waals surface area contributed by atoms with Gasteiger partial charge in [0, 0.05) is 28.4 Å². The van der Waals surface area contributed by atoms with E-state index in [1.165, 1.54) is 5.56 Å². The van der Waals surface area contributed by atoms with Gasteiger partial charge in [0.2, 0.25) is 0 Å². The lowest BCUT2D eigenvalue weighted by Gasteiger charge is -2.29. The van der Waals surface area contributed by atoms with Gasteiger partial charge < -0.3 is 9.64 Å². The lowest BCUT2D eigenvalue weighted by Crippen LogP contribution is -2.37. The van der Waals surface area contributed by atoms with Gasteiger partial charge in [-0.25, -0.2) is 4.79 Å². The number of nitrogens with zero attached hydrogens (tertiary/aromatic N) is 1. The summed E-state index contributed by atoms with van der Waals surface area (Å²) < 4.78 is 5.32. The molecule has 28 heavy (non-hydrogen) atoms. The Bertz CT molecular complexity index is 897. The van der Waals surface area contributed by atoms with Crippen molar-refractivity contribution in [3.63, 3.8) is 0 Å². The zero-order valence-corrected chi connectivity index (χ0v) is 17.2. The Morgan fingerprint density at radius 3 is 2.32 bits per heavy atom. The Hall–Kier alpha value is -2.40. The smallest absolute Gasteiger partial charge is 0.335 e. The summed E-state index contributed by atoms with van der Waals surface area (Å²) >= 11 is 3.75. The number of carbonyl (C=O) groups is 2. The van der Waals surface area contributed by atoms with Gasteiger partial charge in [-0.1, -0.05) is 64.5 Å². The largest absolute Gasteiger partial charge is 0.463 e. The molecule has 1 aliphatic carbocycles. The molecular formula is C23H22BrNO3. The van der Waals surface area contributed by atoms with Crippen LogP contribution in [0.2, 0.25) is 0 Å². The quantitative estimate of drug-likeness (QED) is 0.517. The van der Waals surface area contributed by atoms with Gasteiger partial charge in [-0.3, -0.25) is 4.79 Å². The predicted octanol–water partition coefficient (Wildman–Crippen LogP) is 4.21. The molecule has 4 rings (SSSR count). The van der Waals surface area contributed by atoms with E-state index in [1.807, 2.05) is 36.4 Å². The number of hydrogen-bond donors (Lipinski definition) is 0. The van der Waals surface area contributed by atoms with Crippen molar-refractivity contribution in [3.05, 3.63) is 83.6 Å². The number of esters is 1. The molecule has 1 aliphatic heterocycles. The van der Waals surface area contributed by atoms with E-state index >= 15 is 0 Å². The fourth-order valence-electron chi connectivity index (χ4n) is 4.07. The highest BCUT2D eigenvalue weighted by molar-refractivity contribution is 9.09. The lowest BCUT2D eigenvalue weighted by molar-refractivity contribution is -0.139. The molecule has 2 aromatic carbocycles. The highest BCUT2D eigenvalue weighted by Gasteiger charge is 2.60. The van der Waals surface area contributed by atoms with Crippen molar-refractivity contribution >= 4 is 27.8 Å². The molecule has 1 heterocycles. The molecule has 4 atom stereocenters. The number of hydrogen-bond acceptors (Lipinski definition) is 3. The van der Waals surface area contributed by atoms with Crippen LogP contribution < -0.4 is 0 Å². The number of amides is 1. The van der Waals surface area contributed by atoms with Gasteiger partial charge >= 0.3 is 5.97 Å². The van der Waals surface area contributed by atoms with Gasteiger partial charge in [-0.05, 0) is 31.0 Å². The summed E-state index contributed by atoms with van der Waals surface area (Å²) in [6, 6.07) is 19.4. The Kier molecular flexibility index (Phi) is 5.36. The molecule has 144 valence electrons. The molecule has 0 aromatic heterocycles. The van der Waals surface area contributed by atoms with Gasteiger partial charge in [0.05, 0.1) is 18.2 Å². The number of ether oxygens (including phenoxy) is 1. The van der Waals surface area contributed by atoms with Gasteiger partial charge in [0.1, 0.15) is 0 Å². The molecule has 2 aromatic rings. The summed E-state index contributed by atoms with van der Waals surface area (Å²) in [5.74, 6) is -0.204. The van der Waals surface area contributed by atoms with Crippen LogP contribution in [0.3, 0.4) is 0 Å². The van der Waals surface area contributed by atoms with E-state index in [0.29, 0.717) is 17.7 Å². The van der Waals surface area contributed by atoms with E-state index in [-0.39, 0.29) is 34.6 Å². The maximum atomic E-state index is 13.1. The van der Waals surface area contributed by atoms with Crippen molar-refractivity contribution in [2.75, 3.05) is 6.61 Å². The van der Waals surface area contributed by atoms with Crippen LogP contribution in [0.25, 0.3) is 0 Å². The molecule has 5 heteroatoms. The first-order valence-corrected chi connectivity index (χ1v) is 10.5. The minimum absolute atomic E-state index is 0.0237. The first kappa shape index (κ1) is 18.9. The molecule has 2 aliphatic rings. The first-order valence-electron chi connectivity index (χ1n) is 9.56. The Morgan fingerprint density at radius 1 is 1.04 bits per heavy atom. The van der Waals surface area contributed by atoms with Crippen molar-refractivity contribution < 1.29 is 14.3 Å². The van der Waals surface area contributed by atoms with E-state index < -0.39 is 0 Å². The highest BCUT2D eigenvalue weighted by Crippen LogP contribution is 2.54. The van der Waals surface area contributed by atoms with Crippen molar-refractivity contribution in [1.82, 2.24) is 4.90 Å². The van der Waals surface area contributed by atoms with Crippen molar-refractivity contribution in [2.24, 2.45) is 11.8 Å². The number of rotatable bonds is 5. The Balaban J connectivity index is 1.68. The van der Waals surface area contributed by atoms with Crippen LogP contribution in [0.5, 0.6) is 0 Å². The Labute approximate surface area is 173 Å². The van der Waals surface area contributed by atoms with Crippen LogP contribution in [-0.2, 0) is 16.0 Å². The molecule has 0 bridgehead atoms. The van der Waals surface area contributed by atoms with Crippen molar-refractivity contribution in [3.8, 4) is 0 Å². The van der Waals surface area contributed by atoms with E-state index in [1.54, 1.807) is 30.2 Å². The molecule has 1 saturated carbocycles. The average molecular weight is 440 g/mol. The van der Waals surface area contributed by atoms with E-state index in [2.05, 4.69) is 28.1 Å². The summed E-state index contributed by atoms with van der Waals surface area (Å²) in [6.07, 6.45) is 2.48. The summed E-state index contributed by atoms with van der Waals surface area (Å²) in [5, 5.41) is 0. The fraction of sp³-hybridized carbons (Fsp3) is 0.304. The third kappa shape index (κ3) is 3.51. The van der Waals surface area contributed by atoms with Crippen LogP contribution in [0, 0.1) is 11.8 Å². The van der Waals surface area contributed by atoms with Crippen LogP contribution in [-0.4, -0.2) is 34.3 Å². The summed E-state index contributed by atoms with van der Waals surface area (Å²) in [5.41, 5.74) is 2.38. The second kappa shape index (κ2) is 7.92. The number of halogens is 1. The second-order valence-electron chi connectivity index (χ2n) is 7.19. The second-order valence-corrected chi connectivity index (χ2v) is 8.25. The molecule has 0 radical (unpaired) electrons. The molecule has 0 spiro atoms. The van der Waals surface area contributed by atoms with Crippen LogP contribution >= 0.6 is 15.9 Å². The standard InChI is InChI=1S/C23H22BrNO3/c1-2-28-23(27)18-14-25(22(26)16-11-7-4-8-12-16)21-19(20(21)24)17(18)13-15-9-5-3-6-10-15/h3-12,14,17,19-21H,2,13H2,1H3/t17-,19-,20+,21-/m0/s1. The Morgan fingerprint density at radius 2 is 1.68 bits per heavy atom. The number of carbonyl (C=O) groups excluding carboxylic acids is 2. The number of fused-ring (bicyclic) bond motifs is 1. The van der Waals surface area contributed by atoms with Crippen molar-refractivity contribution in [2.45, 2.75) is 24.2 Å². The van der Waals surface area contributed by atoms with Crippen LogP contribution in [0.4, 0.5) is 0 Å². The number of benzene rings is 2. The molecule has 1 amide bonds. The normalized spacial score (nSPS) is 25.5. The predicted molar refractivity (Wildman–Crippen MR) is 111 cm³/mol. The summed E-state index contributed by atoms with van der Waals surface area (Å²) in [7, 11) is 0. The third-order valence-electron chi connectivity index (χ3n) is 5.48. The van der Waals surface area contributed by atoms with Gasteiger partial charge in [-0.15, -0.1) is 0 Å². The van der Waals surface area contributed by atoms with Crippen molar-refractivity contribution in [1.29, 1.82) is 0 Å². The van der Waals surface area contributed by atoms with E-state index in [9.17, 15) is 9.59 Å². The molecular weight excluding hydrogens is 418 g/mol. The zero-order chi connectivity index (χ0) is 19.7. The number of alkyl halides is 1. The summed E-state index contributed by atoms with van der Waals surface area (Å²) in [6.45, 7) is 2.11. The van der Waals surface area contributed by atoms with Gasteiger partial charge in [0.15, 0.2) is 0 Å². The maximum absolute atomic E-state index is 13.1. The van der Waals surface area contributed by atoms with E-state index in [0.717, 1.165) is 6.42 Å². The topological polar surface area (TPSA) is 46.6 Å². The SMILES string of the molecule is CCOC(=O)C1=CN(C(=O)c2ccccc2)[C@@H]2[C@H](Br)[C@@H]2[C@H]1Cc1ccccc1. The molecule has 0 saturated heterocycles.